The zero-order valence-electron chi connectivity index (χ0n) is 15.6. The number of aryl methyl sites for hydroxylation is 1. The number of carbonyl (C=O) groups is 1. The summed E-state index contributed by atoms with van der Waals surface area (Å²) in [5.41, 5.74) is 4.39. The topological polar surface area (TPSA) is 76.3 Å². The van der Waals surface area contributed by atoms with Gasteiger partial charge < -0.3 is 0 Å². The Morgan fingerprint density at radius 2 is 2.07 bits per heavy atom. The number of hydrogen-bond acceptors (Lipinski definition) is 5. The molecule has 0 aliphatic heterocycles. The van der Waals surface area contributed by atoms with Gasteiger partial charge in [-0.1, -0.05) is 45.0 Å². The maximum absolute atomic E-state index is 12.5. The second kappa shape index (κ2) is 8.26. The first-order valence-corrected chi connectivity index (χ1v) is 9.69. The molecule has 1 N–H and O–H groups in total. The molecule has 3 rings (SSSR count). The molecule has 0 saturated carbocycles. The minimum absolute atomic E-state index is 0.122. The highest BCUT2D eigenvalue weighted by molar-refractivity contribution is 7.18. The van der Waals surface area contributed by atoms with Gasteiger partial charge in [-0.25, -0.2) is 10.4 Å². The summed E-state index contributed by atoms with van der Waals surface area (Å²) in [5, 5.41) is 4.52. The van der Waals surface area contributed by atoms with Crippen LogP contribution in [-0.4, -0.2) is 21.7 Å². The first-order chi connectivity index (χ1) is 13.0. The van der Waals surface area contributed by atoms with Gasteiger partial charge in [-0.2, -0.15) is 5.10 Å². The molecule has 3 aromatic rings. The number of amides is 1. The van der Waals surface area contributed by atoms with Gasteiger partial charge in [-0.3, -0.25) is 14.2 Å². The number of carbonyl (C=O) groups excluding carboxylic acids is 1. The molecular weight excluding hydrogens is 360 g/mol. The van der Waals surface area contributed by atoms with Crippen LogP contribution in [0.1, 0.15) is 42.7 Å². The monoisotopic (exact) mass is 382 g/mol. The van der Waals surface area contributed by atoms with Crippen molar-refractivity contribution in [1.82, 2.24) is 15.0 Å². The summed E-state index contributed by atoms with van der Waals surface area (Å²) in [5.74, 6) is 0.0934. The Kier molecular flexibility index (Phi) is 5.81. The molecule has 0 saturated heterocycles. The lowest BCUT2D eigenvalue weighted by atomic mass is 10.0. The van der Waals surface area contributed by atoms with E-state index in [4.69, 9.17) is 0 Å². The number of rotatable bonds is 6. The van der Waals surface area contributed by atoms with Gasteiger partial charge >= 0.3 is 0 Å². The van der Waals surface area contributed by atoms with Crippen molar-refractivity contribution < 1.29 is 4.79 Å². The first-order valence-electron chi connectivity index (χ1n) is 8.87. The lowest BCUT2D eigenvalue weighted by molar-refractivity contribution is -0.121. The Hall–Kier alpha value is -2.80. The van der Waals surface area contributed by atoms with E-state index in [0.29, 0.717) is 16.1 Å². The predicted molar refractivity (Wildman–Crippen MR) is 110 cm³/mol. The summed E-state index contributed by atoms with van der Waals surface area (Å²) >= 11 is 1.50. The number of benzene rings is 1. The molecule has 2 heterocycles. The largest absolute Gasteiger partial charge is 0.289 e. The minimum atomic E-state index is -0.376. The van der Waals surface area contributed by atoms with E-state index < -0.39 is 0 Å². The normalized spacial score (nSPS) is 11.6. The third-order valence-corrected chi connectivity index (χ3v) is 5.42. The Labute approximate surface area is 161 Å². The van der Waals surface area contributed by atoms with Crippen molar-refractivity contribution in [1.29, 1.82) is 0 Å². The van der Waals surface area contributed by atoms with E-state index in [1.807, 2.05) is 37.3 Å². The SMILES string of the molecule is CCc1cc2c(=O)n(CC(=O)N/N=C\c3ccc(C(C)C)cc3)cnc2s1. The summed E-state index contributed by atoms with van der Waals surface area (Å²) in [6.45, 7) is 6.18. The molecule has 0 radical (unpaired) electrons. The Balaban J connectivity index is 1.64. The first kappa shape index (κ1) is 19.0. The van der Waals surface area contributed by atoms with Crippen molar-refractivity contribution >= 4 is 33.7 Å². The molecule has 7 heteroatoms. The maximum atomic E-state index is 12.5. The van der Waals surface area contributed by atoms with Crippen molar-refractivity contribution in [3.8, 4) is 0 Å². The van der Waals surface area contributed by atoms with Gasteiger partial charge in [-0.15, -0.1) is 11.3 Å². The average molecular weight is 382 g/mol. The van der Waals surface area contributed by atoms with Gasteiger partial charge in [0.25, 0.3) is 11.5 Å². The molecule has 0 aliphatic carbocycles. The van der Waals surface area contributed by atoms with Gasteiger partial charge in [-0.05, 0) is 29.5 Å². The summed E-state index contributed by atoms with van der Waals surface area (Å²) in [4.78, 5) is 30.7. The number of fused-ring (bicyclic) bond motifs is 1. The molecule has 0 fully saturated rings. The van der Waals surface area contributed by atoms with Crippen molar-refractivity contribution in [3.63, 3.8) is 0 Å². The molecule has 27 heavy (non-hydrogen) atoms. The van der Waals surface area contributed by atoms with Crippen molar-refractivity contribution in [2.75, 3.05) is 0 Å². The van der Waals surface area contributed by atoms with Crippen LogP contribution in [0.3, 0.4) is 0 Å². The van der Waals surface area contributed by atoms with Gasteiger partial charge in [0.1, 0.15) is 11.4 Å². The van der Waals surface area contributed by atoms with Gasteiger partial charge in [0.2, 0.25) is 0 Å². The Bertz CT molecular complexity index is 1030. The molecule has 1 aromatic carbocycles. The number of nitrogens with zero attached hydrogens (tertiary/aromatic N) is 3. The minimum Gasteiger partial charge on any atom is -0.289 e. The number of nitrogens with one attached hydrogen (secondary N) is 1. The fourth-order valence-corrected chi connectivity index (χ4v) is 3.56. The molecule has 0 aliphatic rings. The van der Waals surface area contributed by atoms with Crippen LogP contribution in [0.25, 0.3) is 10.2 Å². The van der Waals surface area contributed by atoms with Gasteiger partial charge in [0, 0.05) is 4.88 Å². The van der Waals surface area contributed by atoms with Crippen LogP contribution >= 0.6 is 11.3 Å². The molecule has 140 valence electrons. The smallest absolute Gasteiger partial charge is 0.262 e. The number of aromatic nitrogens is 2. The predicted octanol–water partition coefficient (Wildman–Crippen LogP) is 3.29. The zero-order chi connectivity index (χ0) is 19.4. The quantitative estimate of drug-likeness (QED) is 0.525. The highest BCUT2D eigenvalue weighted by atomic mass is 32.1. The molecule has 1 amide bonds. The average Bonchev–Trinajstić information content (AvgIpc) is 3.09. The molecule has 0 atom stereocenters. The summed E-state index contributed by atoms with van der Waals surface area (Å²) in [6.07, 6.45) is 3.85. The highest BCUT2D eigenvalue weighted by Crippen LogP contribution is 2.20. The standard InChI is InChI=1S/C20H22N4O2S/c1-4-16-9-17-19(27-16)21-12-24(20(17)26)11-18(25)23-22-10-14-5-7-15(8-6-14)13(2)3/h5-10,12-13H,4,11H2,1-3H3,(H,23,25)/b22-10-. The molecule has 0 unspecified atom stereocenters. The van der Waals surface area contributed by atoms with Gasteiger partial charge in [0.15, 0.2) is 0 Å². The Morgan fingerprint density at radius 1 is 1.33 bits per heavy atom. The van der Waals surface area contributed by atoms with Crippen LogP contribution in [-0.2, 0) is 17.8 Å². The van der Waals surface area contributed by atoms with Crippen LogP contribution in [0, 0.1) is 0 Å². The van der Waals surface area contributed by atoms with E-state index >= 15 is 0 Å². The summed E-state index contributed by atoms with van der Waals surface area (Å²) in [7, 11) is 0. The highest BCUT2D eigenvalue weighted by Gasteiger charge is 2.10. The Morgan fingerprint density at radius 3 is 2.74 bits per heavy atom. The second-order valence-electron chi connectivity index (χ2n) is 6.58. The summed E-state index contributed by atoms with van der Waals surface area (Å²) in [6, 6.07) is 9.84. The molecule has 0 bridgehead atoms. The third-order valence-electron chi connectivity index (χ3n) is 4.24. The molecular formula is C20H22N4O2S. The van der Waals surface area contributed by atoms with Crippen LogP contribution in [0.2, 0.25) is 0 Å². The summed E-state index contributed by atoms with van der Waals surface area (Å²) < 4.78 is 1.30. The van der Waals surface area contributed by atoms with E-state index in [9.17, 15) is 9.59 Å². The van der Waals surface area contributed by atoms with Crippen LogP contribution in [0.15, 0.2) is 46.6 Å². The zero-order valence-corrected chi connectivity index (χ0v) is 16.4. The van der Waals surface area contributed by atoms with Crippen molar-refractivity contribution in [3.05, 3.63) is 63.0 Å². The lowest BCUT2D eigenvalue weighted by Gasteiger charge is -2.05. The molecule has 0 spiro atoms. The van der Waals surface area contributed by atoms with Gasteiger partial charge in [0.05, 0.1) is 17.9 Å². The van der Waals surface area contributed by atoms with Crippen molar-refractivity contribution in [2.45, 2.75) is 39.7 Å². The van der Waals surface area contributed by atoms with Crippen LogP contribution in [0.5, 0.6) is 0 Å². The lowest BCUT2D eigenvalue weighted by Crippen LogP contribution is -2.29. The van der Waals surface area contributed by atoms with Crippen LogP contribution < -0.4 is 11.0 Å². The van der Waals surface area contributed by atoms with E-state index in [1.165, 1.54) is 27.8 Å². The maximum Gasteiger partial charge on any atom is 0.262 e. The molecule has 2 aromatic heterocycles. The van der Waals surface area contributed by atoms with Crippen molar-refractivity contribution in [2.24, 2.45) is 5.10 Å². The number of hydrogen-bond donors (Lipinski definition) is 1. The fourth-order valence-electron chi connectivity index (χ4n) is 2.63. The van der Waals surface area contributed by atoms with Crippen LogP contribution in [0.4, 0.5) is 0 Å². The van der Waals surface area contributed by atoms with E-state index in [2.05, 4.69) is 29.4 Å². The number of hydrazone groups is 1. The fraction of sp³-hybridized carbons (Fsp3) is 0.300. The number of thiophene rings is 1. The van der Waals surface area contributed by atoms with E-state index in [1.54, 1.807) is 6.21 Å². The van der Waals surface area contributed by atoms with E-state index in [0.717, 1.165) is 16.9 Å². The second-order valence-corrected chi connectivity index (χ2v) is 7.69. The molecule has 6 nitrogen and oxygen atoms in total. The third kappa shape index (κ3) is 4.49. The van der Waals surface area contributed by atoms with E-state index in [-0.39, 0.29) is 18.0 Å².